The molecule has 0 unspecified atom stereocenters. The number of nitrogens with zero attached hydrogens (tertiary/aromatic N) is 3. The minimum atomic E-state index is -3.31. The fourth-order valence-electron chi connectivity index (χ4n) is 2.69. The molecule has 3 aromatic rings. The summed E-state index contributed by atoms with van der Waals surface area (Å²) in [6, 6.07) is 10.8. The Morgan fingerprint density at radius 3 is 2.32 bits per heavy atom. The molecule has 9 heteroatoms. The molecule has 0 aliphatic carbocycles. The molecular weight excluding hydrogens is 382 g/mol. The molecule has 0 saturated carbocycles. The lowest BCUT2D eigenvalue weighted by molar-refractivity contribution is 0.0689. The van der Waals surface area contributed by atoms with Crippen LogP contribution in [-0.2, 0) is 16.4 Å². The lowest BCUT2D eigenvalue weighted by Gasteiger charge is -2.10. The molecule has 1 aromatic carbocycles. The van der Waals surface area contributed by atoms with Crippen molar-refractivity contribution >= 4 is 15.8 Å². The summed E-state index contributed by atoms with van der Waals surface area (Å²) < 4.78 is 30.5. The second-order valence-corrected chi connectivity index (χ2v) is 8.43. The molecule has 3 rings (SSSR count). The molecule has 8 nitrogen and oxygen atoms in total. The molecule has 146 valence electrons. The molecule has 0 fully saturated rings. The first-order valence-electron chi connectivity index (χ1n) is 8.35. The summed E-state index contributed by atoms with van der Waals surface area (Å²) in [5, 5.41) is 13.7. The molecule has 0 aliphatic heterocycles. The zero-order chi connectivity index (χ0) is 20.5. The average molecular weight is 401 g/mol. The van der Waals surface area contributed by atoms with Gasteiger partial charge < -0.3 is 9.84 Å². The Kier molecular flexibility index (Phi) is 5.19. The summed E-state index contributed by atoms with van der Waals surface area (Å²) in [6.07, 6.45) is 1.12. The molecule has 0 aliphatic rings. The molecule has 0 saturated heterocycles. The molecule has 0 atom stereocenters. The van der Waals surface area contributed by atoms with Crippen LogP contribution in [-0.4, -0.2) is 40.5 Å². The molecule has 0 radical (unpaired) electrons. The molecule has 2 aromatic heterocycles. The minimum Gasteiger partial charge on any atom is -0.477 e. The van der Waals surface area contributed by atoms with Crippen LogP contribution in [0.2, 0.25) is 0 Å². The summed E-state index contributed by atoms with van der Waals surface area (Å²) in [5.74, 6) is -0.504. The Bertz CT molecular complexity index is 1130. The highest BCUT2D eigenvalue weighted by molar-refractivity contribution is 7.90. The van der Waals surface area contributed by atoms with Gasteiger partial charge in [0.1, 0.15) is 11.5 Å². The lowest BCUT2D eigenvalue weighted by Crippen LogP contribution is -2.09. The normalized spacial score (nSPS) is 11.4. The van der Waals surface area contributed by atoms with Gasteiger partial charge in [0.2, 0.25) is 0 Å². The second kappa shape index (κ2) is 7.43. The molecule has 0 amide bonds. The number of aromatic nitrogens is 3. The van der Waals surface area contributed by atoms with Crippen molar-refractivity contribution in [3.05, 3.63) is 65.2 Å². The lowest BCUT2D eigenvalue weighted by atomic mass is 10.2. The zero-order valence-corrected chi connectivity index (χ0v) is 16.4. The zero-order valence-electron chi connectivity index (χ0n) is 15.6. The molecule has 28 heavy (non-hydrogen) atoms. The summed E-state index contributed by atoms with van der Waals surface area (Å²) in [7, 11) is -3.31. The summed E-state index contributed by atoms with van der Waals surface area (Å²) >= 11 is 0. The standard InChI is InChI=1S/C19H19N3O5S/c1-12-8-13(2)22(21-12)11-14-9-16(10-18(20-14)19(23)24)27-15-4-6-17(7-5-15)28(3,25)26/h4-10H,11H2,1-3H3,(H,23,24). The van der Waals surface area contributed by atoms with E-state index in [4.69, 9.17) is 4.74 Å². The molecular formula is C19H19N3O5S. The van der Waals surface area contributed by atoms with Crippen LogP contribution >= 0.6 is 0 Å². The van der Waals surface area contributed by atoms with Crippen molar-refractivity contribution in [2.75, 3.05) is 6.26 Å². The number of hydrogen-bond acceptors (Lipinski definition) is 6. The fraction of sp³-hybridized carbons (Fsp3) is 0.211. The average Bonchev–Trinajstić information content (AvgIpc) is 2.91. The van der Waals surface area contributed by atoms with Crippen LogP contribution in [0.15, 0.2) is 47.4 Å². The number of aryl methyl sites for hydroxylation is 2. The van der Waals surface area contributed by atoms with Crippen molar-refractivity contribution in [2.45, 2.75) is 25.3 Å². The Morgan fingerprint density at radius 1 is 1.11 bits per heavy atom. The van der Waals surface area contributed by atoms with E-state index in [0.717, 1.165) is 17.6 Å². The van der Waals surface area contributed by atoms with E-state index in [1.54, 1.807) is 10.7 Å². The smallest absolute Gasteiger partial charge is 0.354 e. The van der Waals surface area contributed by atoms with E-state index in [2.05, 4.69) is 10.1 Å². The van der Waals surface area contributed by atoms with Crippen LogP contribution in [0.5, 0.6) is 11.5 Å². The quantitative estimate of drug-likeness (QED) is 0.676. The van der Waals surface area contributed by atoms with Gasteiger partial charge in [0.25, 0.3) is 0 Å². The van der Waals surface area contributed by atoms with Crippen molar-refractivity contribution in [3.8, 4) is 11.5 Å². The van der Waals surface area contributed by atoms with Crippen LogP contribution in [0.3, 0.4) is 0 Å². The number of sulfone groups is 1. The summed E-state index contributed by atoms with van der Waals surface area (Å²) in [5.41, 5.74) is 2.11. The predicted molar refractivity (Wildman–Crippen MR) is 102 cm³/mol. The molecule has 2 heterocycles. The van der Waals surface area contributed by atoms with E-state index in [1.165, 1.54) is 30.3 Å². The number of hydrogen-bond donors (Lipinski definition) is 1. The first-order valence-corrected chi connectivity index (χ1v) is 10.2. The van der Waals surface area contributed by atoms with Crippen LogP contribution in [0.1, 0.15) is 27.6 Å². The van der Waals surface area contributed by atoms with Gasteiger partial charge in [-0.3, -0.25) is 4.68 Å². The Balaban J connectivity index is 1.91. The monoisotopic (exact) mass is 401 g/mol. The Hall–Kier alpha value is -3.20. The highest BCUT2D eigenvalue weighted by Gasteiger charge is 2.13. The maximum Gasteiger partial charge on any atom is 0.354 e. The maximum atomic E-state index is 11.5. The second-order valence-electron chi connectivity index (χ2n) is 6.41. The van der Waals surface area contributed by atoms with E-state index in [1.807, 2.05) is 19.9 Å². The third kappa shape index (κ3) is 4.55. The maximum absolute atomic E-state index is 11.5. The van der Waals surface area contributed by atoms with Crippen LogP contribution in [0.4, 0.5) is 0 Å². The van der Waals surface area contributed by atoms with E-state index < -0.39 is 15.8 Å². The van der Waals surface area contributed by atoms with Gasteiger partial charge in [-0.25, -0.2) is 18.2 Å². The van der Waals surface area contributed by atoms with E-state index >= 15 is 0 Å². The SMILES string of the molecule is Cc1cc(C)n(Cc2cc(Oc3ccc(S(C)(=O)=O)cc3)cc(C(=O)O)n2)n1. The van der Waals surface area contributed by atoms with Gasteiger partial charge in [-0.1, -0.05) is 0 Å². The summed E-state index contributed by atoms with van der Waals surface area (Å²) in [4.78, 5) is 15.7. The summed E-state index contributed by atoms with van der Waals surface area (Å²) in [6.45, 7) is 4.07. The third-order valence-electron chi connectivity index (χ3n) is 3.97. The fourth-order valence-corrected chi connectivity index (χ4v) is 3.32. The number of rotatable bonds is 6. The van der Waals surface area contributed by atoms with E-state index in [-0.39, 0.29) is 16.3 Å². The largest absolute Gasteiger partial charge is 0.477 e. The number of carboxylic acid groups (broad SMARTS) is 1. The topological polar surface area (TPSA) is 111 Å². The van der Waals surface area contributed by atoms with Crippen molar-refractivity contribution in [2.24, 2.45) is 0 Å². The third-order valence-corrected chi connectivity index (χ3v) is 5.10. The number of pyridine rings is 1. The number of carboxylic acids is 1. The van der Waals surface area contributed by atoms with Gasteiger partial charge in [0, 0.05) is 24.1 Å². The number of aromatic carboxylic acids is 1. The van der Waals surface area contributed by atoms with Gasteiger partial charge in [-0.2, -0.15) is 5.10 Å². The van der Waals surface area contributed by atoms with Gasteiger partial charge in [0.15, 0.2) is 15.5 Å². The van der Waals surface area contributed by atoms with E-state index in [9.17, 15) is 18.3 Å². The van der Waals surface area contributed by atoms with E-state index in [0.29, 0.717) is 18.0 Å². The predicted octanol–water partition coefficient (Wildman–Crippen LogP) is 2.84. The minimum absolute atomic E-state index is 0.151. The molecule has 0 bridgehead atoms. The van der Waals surface area contributed by atoms with Crippen molar-refractivity contribution in [3.63, 3.8) is 0 Å². The van der Waals surface area contributed by atoms with Crippen LogP contribution < -0.4 is 4.74 Å². The van der Waals surface area contributed by atoms with Crippen molar-refractivity contribution in [1.29, 1.82) is 0 Å². The first-order chi connectivity index (χ1) is 13.1. The van der Waals surface area contributed by atoms with Gasteiger partial charge in [-0.15, -0.1) is 0 Å². The van der Waals surface area contributed by atoms with Gasteiger partial charge in [0.05, 0.1) is 22.8 Å². The van der Waals surface area contributed by atoms with Crippen molar-refractivity contribution in [1.82, 2.24) is 14.8 Å². The Labute approximate surface area is 162 Å². The molecule has 1 N–H and O–H groups in total. The highest BCUT2D eigenvalue weighted by Crippen LogP contribution is 2.25. The number of ether oxygens (including phenoxy) is 1. The van der Waals surface area contributed by atoms with Gasteiger partial charge in [-0.05, 0) is 44.2 Å². The highest BCUT2D eigenvalue weighted by atomic mass is 32.2. The molecule has 0 spiro atoms. The number of carbonyl (C=O) groups is 1. The Morgan fingerprint density at radius 2 is 1.79 bits per heavy atom. The van der Waals surface area contributed by atoms with Crippen LogP contribution in [0.25, 0.3) is 0 Å². The number of benzene rings is 1. The van der Waals surface area contributed by atoms with Crippen LogP contribution in [0, 0.1) is 13.8 Å². The van der Waals surface area contributed by atoms with Gasteiger partial charge >= 0.3 is 5.97 Å². The van der Waals surface area contributed by atoms with Crippen molar-refractivity contribution < 1.29 is 23.1 Å². The first kappa shape index (κ1) is 19.6.